The fraction of sp³-hybridized carbons (Fsp3) is 0.125. The Kier molecular flexibility index (Phi) is 3.13. The van der Waals surface area contributed by atoms with Gasteiger partial charge in [-0.05, 0) is 28.1 Å². The van der Waals surface area contributed by atoms with Gasteiger partial charge < -0.3 is 14.6 Å². The summed E-state index contributed by atoms with van der Waals surface area (Å²) >= 11 is 3.08. The Morgan fingerprint density at radius 3 is 2.77 bits per heavy atom. The average Bonchev–Trinajstić information content (AvgIpc) is 2.14. The number of hydrogen-bond acceptors (Lipinski definition) is 4. The van der Waals surface area contributed by atoms with Crippen LogP contribution in [0.2, 0.25) is 0 Å². The van der Waals surface area contributed by atoms with Crippen molar-refractivity contribution in [3.05, 3.63) is 16.6 Å². The zero-order chi connectivity index (χ0) is 9.84. The van der Waals surface area contributed by atoms with Crippen molar-refractivity contribution < 1.29 is 19.4 Å². The van der Waals surface area contributed by atoms with Gasteiger partial charge in [-0.25, -0.2) is 0 Å². The number of phenolic OH excluding ortho intramolecular Hbond substituents is 1. The first kappa shape index (κ1) is 9.85. The van der Waals surface area contributed by atoms with Gasteiger partial charge in [0.05, 0.1) is 11.6 Å². The summed E-state index contributed by atoms with van der Waals surface area (Å²) < 4.78 is 9.86. The fourth-order valence-electron chi connectivity index (χ4n) is 0.851. The molecule has 0 aliphatic carbocycles. The molecule has 1 aromatic rings. The monoisotopic (exact) mass is 246 g/mol. The van der Waals surface area contributed by atoms with Crippen molar-refractivity contribution in [2.24, 2.45) is 0 Å². The summed E-state index contributed by atoms with van der Waals surface area (Å²) in [6, 6.07) is 3.16. The van der Waals surface area contributed by atoms with Gasteiger partial charge in [0.15, 0.2) is 11.5 Å². The van der Waals surface area contributed by atoms with Crippen molar-refractivity contribution >= 4 is 22.4 Å². The molecule has 0 saturated heterocycles. The third-order valence-corrected chi connectivity index (χ3v) is 2.07. The largest absolute Gasteiger partial charge is 0.503 e. The number of carbonyl (C=O) groups is 1. The first-order valence-corrected chi connectivity index (χ1v) is 4.15. The number of carbonyl (C=O) groups excluding carboxylic acids is 1. The summed E-state index contributed by atoms with van der Waals surface area (Å²) in [5, 5.41) is 9.43. The van der Waals surface area contributed by atoms with Gasteiger partial charge in [-0.15, -0.1) is 0 Å². The minimum absolute atomic E-state index is 0.00637. The van der Waals surface area contributed by atoms with E-state index in [4.69, 9.17) is 4.74 Å². The van der Waals surface area contributed by atoms with Gasteiger partial charge >= 0.3 is 0 Å². The van der Waals surface area contributed by atoms with E-state index in [1.807, 2.05) is 0 Å². The van der Waals surface area contributed by atoms with Crippen LogP contribution < -0.4 is 9.47 Å². The maximum atomic E-state index is 10.1. The Morgan fingerprint density at radius 2 is 2.23 bits per heavy atom. The lowest BCUT2D eigenvalue weighted by Gasteiger charge is -2.08. The number of methoxy groups -OCH3 is 1. The lowest BCUT2D eigenvalue weighted by Crippen LogP contribution is -1.93. The highest BCUT2D eigenvalue weighted by atomic mass is 79.9. The van der Waals surface area contributed by atoms with E-state index in [9.17, 15) is 9.90 Å². The van der Waals surface area contributed by atoms with Crippen LogP contribution in [0.4, 0.5) is 0 Å². The third-order valence-electron chi connectivity index (χ3n) is 1.43. The lowest BCUT2D eigenvalue weighted by atomic mass is 10.3. The molecule has 0 aromatic heterocycles. The van der Waals surface area contributed by atoms with Crippen molar-refractivity contribution in [2.75, 3.05) is 7.11 Å². The van der Waals surface area contributed by atoms with E-state index in [0.29, 0.717) is 10.2 Å². The van der Waals surface area contributed by atoms with Gasteiger partial charge in [0, 0.05) is 0 Å². The normalized spacial score (nSPS) is 9.38. The van der Waals surface area contributed by atoms with Crippen LogP contribution in [0.5, 0.6) is 17.2 Å². The SMILES string of the molecule is COc1ccc(Br)c(O)c1OC=O. The van der Waals surface area contributed by atoms with E-state index >= 15 is 0 Å². The highest BCUT2D eigenvalue weighted by Crippen LogP contribution is 2.41. The van der Waals surface area contributed by atoms with E-state index in [0.717, 1.165) is 0 Å². The number of halogens is 1. The van der Waals surface area contributed by atoms with Crippen LogP contribution in [-0.2, 0) is 4.79 Å². The number of benzene rings is 1. The zero-order valence-electron chi connectivity index (χ0n) is 6.78. The summed E-state index contributed by atoms with van der Waals surface area (Å²) in [6.45, 7) is 0.226. The molecule has 0 bridgehead atoms. The molecule has 0 unspecified atom stereocenters. The zero-order valence-corrected chi connectivity index (χ0v) is 8.37. The van der Waals surface area contributed by atoms with Crippen molar-refractivity contribution in [2.45, 2.75) is 0 Å². The molecule has 1 aromatic carbocycles. The molecule has 0 amide bonds. The topological polar surface area (TPSA) is 55.8 Å². The molecule has 0 spiro atoms. The molecule has 70 valence electrons. The van der Waals surface area contributed by atoms with Crippen LogP contribution >= 0.6 is 15.9 Å². The van der Waals surface area contributed by atoms with Crippen LogP contribution in [0.25, 0.3) is 0 Å². The van der Waals surface area contributed by atoms with Crippen molar-refractivity contribution in [3.63, 3.8) is 0 Å². The highest BCUT2D eigenvalue weighted by Gasteiger charge is 2.12. The second-order valence-corrected chi connectivity index (χ2v) is 3.00. The minimum Gasteiger partial charge on any atom is -0.503 e. The van der Waals surface area contributed by atoms with Crippen molar-refractivity contribution in [3.8, 4) is 17.2 Å². The Labute approximate surface area is 83.2 Å². The molecule has 4 nitrogen and oxygen atoms in total. The molecule has 5 heteroatoms. The second kappa shape index (κ2) is 4.13. The van der Waals surface area contributed by atoms with E-state index in [1.54, 1.807) is 12.1 Å². The molecule has 0 fully saturated rings. The molecule has 0 radical (unpaired) electrons. The highest BCUT2D eigenvalue weighted by molar-refractivity contribution is 9.10. The number of phenols is 1. The quantitative estimate of drug-likeness (QED) is 0.826. The van der Waals surface area contributed by atoms with E-state index in [-0.39, 0.29) is 18.0 Å². The molecule has 0 saturated carbocycles. The average molecular weight is 247 g/mol. The fourth-order valence-corrected chi connectivity index (χ4v) is 1.16. The Hall–Kier alpha value is -1.23. The first-order chi connectivity index (χ1) is 6.20. The number of rotatable bonds is 3. The summed E-state index contributed by atoms with van der Waals surface area (Å²) in [4.78, 5) is 10.1. The minimum atomic E-state index is -0.161. The smallest absolute Gasteiger partial charge is 0.298 e. The van der Waals surface area contributed by atoms with Gasteiger partial charge in [0.2, 0.25) is 5.75 Å². The van der Waals surface area contributed by atoms with E-state index < -0.39 is 0 Å². The molecule has 0 aliphatic rings. The van der Waals surface area contributed by atoms with Crippen LogP contribution in [0.15, 0.2) is 16.6 Å². The van der Waals surface area contributed by atoms with Crippen molar-refractivity contribution in [1.82, 2.24) is 0 Å². The van der Waals surface area contributed by atoms with Gasteiger partial charge in [-0.2, -0.15) is 0 Å². The summed E-state index contributed by atoms with van der Waals surface area (Å²) in [5.74, 6) is 0.145. The second-order valence-electron chi connectivity index (χ2n) is 2.14. The summed E-state index contributed by atoms with van der Waals surface area (Å²) in [7, 11) is 1.42. The van der Waals surface area contributed by atoms with Crippen LogP contribution in [-0.4, -0.2) is 18.7 Å². The molecule has 1 N–H and O–H groups in total. The Balaban J connectivity index is 3.23. The maximum absolute atomic E-state index is 10.1. The van der Waals surface area contributed by atoms with Gasteiger partial charge in [0.1, 0.15) is 0 Å². The Bertz CT molecular complexity index is 324. The molecule has 0 heterocycles. The first-order valence-electron chi connectivity index (χ1n) is 3.36. The molecule has 13 heavy (non-hydrogen) atoms. The van der Waals surface area contributed by atoms with E-state index in [2.05, 4.69) is 20.7 Å². The number of aromatic hydroxyl groups is 1. The molecular formula is C8H7BrO4. The number of hydrogen-bond donors (Lipinski definition) is 1. The molecular weight excluding hydrogens is 240 g/mol. The van der Waals surface area contributed by atoms with Crippen LogP contribution in [0.3, 0.4) is 0 Å². The standard InChI is InChI=1S/C8H7BrO4/c1-12-6-3-2-5(9)7(11)8(6)13-4-10/h2-4,11H,1H3. The molecule has 1 rings (SSSR count). The van der Waals surface area contributed by atoms with Crippen LogP contribution in [0.1, 0.15) is 0 Å². The summed E-state index contributed by atoms with van der Waals surface area (Å²) in [5.41, 5.74) is 0. The predicted octanol–water partition coefficient (Wildman–Crippen LogP) is 1.70. The third kappa shape index (κ3) is 1.92. The predicted molar refractivity (Wildman–Crippen MR) is 49.1 cm³/mol. The number of ether oxygens (including phenoxy) is 2. The van der Waals surface area contributed by atoms with Gasteiger partial charge in [0.25, 0.3) is 6.47 Å². The Morgan fingerprint density at radius 1 is 1.54 bits per heavy atom. The lowest BCUT2D eigenvalue weighted by molar-refractivity contribution is -0.120. The maximum Gasteiger partial charge on any atom is 0.298 e. The van der Waals surface area contributed by atoms with Gasteiger partial charge in [-0.1, -0.05) is 0 Å². The van der Waals surface area contributed by atoms with E-state index in [1.165, 1.54) is 7.11 Å². The molecule has 0 atom stereocenters. The van der Waals surface area contributed by atoms with Gasteiger partial charge in [-0.3, -0.25) is 4.79 Å². The van der Waals surface area contributed by atoms with Crippen LogP contribution in [0, 0.1) is 0 Å². The van der Waals surface area contributed by atoms with Crippen molar-refractivity contribution in [1.29, 1.82) is 0 Å². The summed E-state index contributed by atoms with van der Waals surface area (Å²) in [6.07, 6.45) is 0. The molecule has 0 aliphatic heterocycles.